The van der Waals surface area contributed by atoms with Crippen LogP contribution >= 0.6 is 0 Å². The Morgan fingerprint density at radius 3 is 2.60 bits per heavy atom. The van der Waals surface area contributed by atoms with Crippen molar-refractivity contribution in [1.82, 2.24) is 5.32 Å². The first-order valence-electron chi connectivity index (χ1n) is 6.82. The highest BCUT2D eigenvalue weighted by Gasteiger charge is 2.31. The predicted molar refractivity (Wildman–Crippen MR) is 68.1 cm³/mol. The van der Waals surface area contributed by atoms with E-state index in [-0.39, 0.29) is 0 Å². The van der Waals surface area contributed by atoms with Crippen LogP contribution in [0.1, 0.15) is 66.2 Å². The Balaban J connectivity index is 2.44. The van der Waals surface area contributed by atoms with Crippen LogP contribution in [0.25, 0.3) is 0 Å². The molecule has 0 aromatic heterocycles. The molecule has 90 valence electrons. The Kier molecular flexibility index (Phi) is 5.11. The fourth-order valence-electron chi connectivity index (χ4n) is 3.07. The molecular weight excluding hydrogens is 182 g/mol. The van der Waals surface area contributed by atoms with Crippen LogP contribution < -0.4 is 5.32 Å². The van der Waals surface area contributed by atoms with Crippen molar-refractivity contribution in [2.45, 2.75) is 72.3 Å². The number of nitrogens with one attached hydrogen (secondary N) is 1. The van der Waals surface area contributed by atoms with Crippen LogP contribution in [0.4, 0.5) is 0 Å². The monoisotopic (exact) mass is 211 g/mol. The largest absolute Gasteiger partial charge is 0.314 e. The summed E-state index contributed by atoms with van der Waals surface area (Å²) in [6.07, 6.45) is 8.27. The molecule has 1 rings (SSSR count). The zero-order valence-electron chi connectivity index (χ0n) is 11.1. The third kappa shape index (κ3) is 4.14. The van der Waals surface area contributed by atoms with Crippen molar-refractivity contribution in [2.75, 3.05) is 6.54 Å². The summed E-state index contributed by atoms with van der Waals surface area (Å²) in [7, 11) is 0. The molecule has 1 N–H and O–H groups in total. The van der Waals surface area contributed by atoms with E-state index in [1.807, 2.05) is 0 Å². The van der Waals surface area contributed by atoms with E-state index < -0.39 is 0 Å². The summed E-state index contributed by atoms with van der Waals surface area (Å²) in [4.78, 5) is 0. The Morgan fingerprint density at radius 2 is 2.07 bits per heavy atom. The van der Waals surface area contributed by atoms with Crippen molar-refractivity contribution in [2.24, 2.45) is 11.3 Å². The molecule has 1 saturated carbocycles. The highest BCUT2D eigenvalue weighted by atomic mass is 14.9. The molecule has 2 unspecified atom stereocenters. The summed E-state index contributed by atoms with van der Waals surface area (Å²) in [6, 6.07) is 0.768. The molecule has 0 amide bonds. The highest BCUT2D eigenvalue weighted by Crippen LogP contribution is 2.40. The maximum Gasteiger partial charge on any atom is 0.00928 e. The van der Waals surface area contributed by atoms with Gasteiger partial charge in [0.1, 0.15) is 0 Å². The standard InChI is InChI=1S/C14H29N/c1-5-10-15-13(6-2)12-8-7-9-14(3,4)11-12/h12-13,15H,5-11H2,1-4H3. The molecule has 0 spiro atoms. The molecule has 1 heteroatoms. The lowest BCUT2D eigenvalue weighted by Gasteiger charge is -2.39. The molecular formula is C14H29N. The first kappa shape index (κ1) is 13.0. The SMILES string of the molecule is CCCNC(CC)C1CCCC(C)(C)C1. The molecule has 0 bridgehead atoms. The average Bonchev–Trinajstić information content (AvgIpc) is 2.17. The van der Waals surface area contributed by atoms with Gasteiger partial charge in [0.2, 0.25) is 0 Å². The van der Waals surface area contributed by atoms with Gasteiger partial charge >= 0.3 is 0 Å². The molecule has 15 heavy (non-hydrogen) atoms. The quantitative estimate of drug-likeness (QED) is 0.725. The Hall–Kier alpha value is -0.0400. The van der Waals surface area contributed by atoms with E-state index in [1.165, 1.54) is 45.1 Å². The van der Waals surface area contributed by atoms with Gasteiger partial charge in [-0.25, -0.2) is 0 Å². The fraction of sp³-hybridized carbons (Fsp3) is 1.00. The third-order valence-corrected chi connectivity index (χ3v) is 3.91. The van der Waals surface area contributed by atoms with Crippen molar-refractivity contribution < 1.29 is 0 Å². The van der Waals surface area contributed by atoms with Crippen LogP contribution in [0.2, 0.25) is 0 Å². The Morgan fingerprint density at radius 1 is 1.33 bits per heavy atom. The second-order valence-electron chi connectivity index (χ2n) is 5.99. The van der Waals surface area contributed by atoms with Gasteiger partial charge in [-0.1, -0.05) is 34.1 Å². The van der Waals surface area contributed by atoms with Gasteiger partial charge in [-0.15, -0.1) is 0 Å². The summed E-state index contributed by atoms with van der Waals surface area (Å²) >= 11 is 0. The maximum absolute atomic E-state index is 3.73. The van der Waals surface area contributed by atoms with Gasteiger partial charge in [0.15, 0.2) is 0 Å². The zero-order chi connectivity index (χ0) is 11.3. The van der Waals surface area contributed by atoms with Crippen LogP contribution in [0.3, 0.4) is 0 Å². The van der Waals surface area contributed by atoms with E-state index in [4.69, 9.17) is 0 Å². The highest BCUT2D eigenvalue weighted by molar-refractivity contribution is 4.85. The van der Waals surface area contributed by atoms with E-state index in [0.717, 1.165) is 12.0 Å². The van der Waals surface area contributed by atoms with Crippen LogP contribution in [0.15, 0.2) is 0 Å². The first-order valence-corrected chi connectivity index (χ1v) is 6.82. The molecule has 1 fully saturated rings. The lowest BCUT2D eigenvalue weighted by molar-refractivity contribution is 0.145. The average molecular weight is 211 g/mol. The molecule has 0 radical (unpaired) electrons. The van der Waals surface area contributed by atoms with Crippen molar-refractivity contribution in [3.05, 3.63) is 0 Å². The van der Waals surface area contributed by atoms with Crippen molar-refractivity contribution >= 4 is 0 Å². The minimum atomic E-state index is 0.588. The molecule has 0 aliphatic heterocycles. The second-order valence-corrected chi connectivity index (χ2v) is 5.99. The van der Waals surface area contributed by atoms with E-state index >= 15 is 0 Å². The molecule has 0 heterocycles. The Bertz CT molecular complexity index is 174. The summed E-state index contributed by atoms with van der Waals surface area (Å²) in [5.41, 5.74) is 0.588. The summed E-state index contributed by atoms with van der Waals surface area (Å²) in [6.45, 7) is 10.6. The van der Waals surface area contributed by atoms with Gasteiger partial charge < -0.3 is 5.32 Å². The summed E-state index contributed by atoms with van der Waals surface area (Å²) in [5, 5.41) is 3.73. The predicted octanol–water partition coefficient (Wildman–Crippen LogP) is 3.98. The van der Waals surface area contributed by atoms with E-state index in [9.17, 15) is 0 Å². The smallest absolute Gasteiger partial charge is 0.00928 e. The van der Waals surface area contributed by atoms with E-state index in [0.29, 0.717) is 5.41 Å². The van der Waals surface area contributed by atoms with Gasteiger partial charge in [0, 0.05) is 6.04 Å². The minimum absolute atomic E-state index is 0.588. The van der Waals surface area contributed by atoms with Crippen molar-refractivity contribution in [3.63, 3.8) is 0 Å². The van der Waals surface area contributed by atoms with Gasteiger partial charge in [-0.3, -0.25) is 0 Å². The minimum Gasteiger partial charge on any atom is -0.314 e. The molecule has 0 saturated heterocycles. The molecule has 2 atom stereocenters. The number of hydrogen-bond donors (Lipinski definition) is 1. The Labute approximate surface area is 96.0 Å². The van der Waals surface area contributed by atoms with Gasteiger partial charge in [0.05, 0.1) is 0 Å². The number of hydrogen-bond acceptors (Lipinski definition) is 1. The van der Waals surface area contributed by atoms with Gasteiger partial charge in [-0.05, 0) is 50.0 Å². The second kappa shape index (κ2) is 5.89. The maximum atomic E-state index is 3.73. The first-order chi connectivity index (χ1) is 7.09. The normalized spacial score (nSPS) is 27.6. The number of rotatable bonds is 5. The van der Waals surface area contributed by atoms with Gasteiger partial charge in [-0.2, -0.15) is 0 Å². The van der Waals surface area contributed by atoms with Gasteiger partial charge in [0.25, 0.3) is 0 Å². The topological polar surface area (TPSA) is 12.0 Å². The lowest BCUT2D eigenvalue weighted by Crippen LogP contribution is -2.40. The molecule has 1 aliphatic rings. The van der Waals surface area contributed by atoms with E-state index in [1.54, 1.807) is 0 Å². The zero-order valence-corrected chi connectivity index (χ0v) is 11.1. The third-order valence-electron chi connectivity index (χ3n) is 3.91. The fourth-order valence-corrected chi connectivity index (χ4v) is 3.07. The molecule has 1 nitrogen and oxygen atoms in total. The molecule has 0 aromatic rings. The van der Waals surface area contributed by atoms with Crippen LogP contribution in [0, 0.1) is 11.3 Å². The summed E-state index contributed by atoms with van der Waals surface area (Å²) < 4.78 is 0. The lowest BCUT2D eigenvalue weighted by atomic mass is 9.69. The van der Waals surface area contributed by atoms with Crippen LogP contribution in [-0.4, -0.2) is 12.6 Å². The summed E-state index contributed by atoms with van der Waals surface area (Å²) in [5.74, 6) is 0.922. The molecule has 0 aromatic carbocycles. The van der Waals surface area contributed by atoms with Crippen molar-refractivity contribution in [1.29, 1.82) is 0 Å². The van der Waals surface area contributed by atoms with Crippen molar-refractivity contribution in [3.8, 4) is 0 Å². The van der Waals surface area contributed by atoms with Crippen LogP contribution in [-0.2, 0) is 0 Å². The van der Waals surface area contributed by atoms with Crippen LogP contribution in [0.5, 0.6) is 0 Å². The van der Waals surface area contributed by atoms with E-state index in [2.05, 4.69) is 33.0 Å². The molecule has 1 aliphatic carbocycles.